The molecule has 0 bridgehead atoms. The van der Waals surface area contributed by atoms with E-state index in [1.807, 2.05) is 53.4 Å². The summed E-state index contributed by atoms with van der Waals surface area (Å²) in [6.07, 6.45) is 2.15. The molecule has 0 N–H and O–H groups in total. The molecule has 0 aliphatic carbocycles. The summed E-state index contributed by atoms with van der Waals surface area (Å²) in [5, 5.41) is 0. The number of methoxy groups -OCH3 is 1. The van der Waals surface area contributed by atoms with Gasteiger partial charge in [-0.2, -0.15) is 0 Å². The molecule has 0 saturated carbocycles. The molecule has 5 heteroatoms. The van der Waals surface area contributed by atoms with Gasteiger partial charge in [-0.25, -0.2) is 0 Å². The van der Waals surface area contributed by atoms with Crippen LogP contribution in [0.15, 0.2) is 48.5 Å². The summed E-state index contributed by atoms with van der Waals surface area (Å²) >= 11 is 0. The molecule has 2 saturated heterocycles. The number of likely N-dealkylation sites (tertiary alicyclic amines) is 1. The fraction of sp³-hybridized carbons (Fsp3) is 0.458. The average Bonchev–Trinajstić information content (AvgIpc) is 2.80. The second-order valence-corrected chi connectivity index (χ2v) is 7.93. The van der Waals surface area contributed by atoms with E-state index in [1.54, 1.807) is 7.11 Å². The van der Waals surface area contributed by atoms with Gasteiger partial charge in [-0.1, -0.05) is 30.3 Å². The first-order chi connectivity index (χ1) is 14.2. The molecule has 154 valence electrons. The normalized spacial score (nSPS) is 18.6. The van der Waals surface area contributed by atoms with Crippen molar-refractivity contribution >= 4 is 5.91 Å². The zero-order valence-electron chi connectivity index (χ0n) is 17.2. The number of carbonyl (C=O) groups excluding carboxylic acids is 1. The Labute approximate surface area is 173 Å². The monoisotopic (exact) mass is 394 g/mol. The zero-order valence-corrected chi connectivity index (χ0v) is 17.2. The largest absolute Gasteiger partial charge is 0.496 e. The van der Waals surface area contributed by atoms with Gasteiger partial charge in [0.2, 0.25) is 0 Å². The number of amides is 1. The van der Waals surface area contributed by atoms with Crippen molar-refractivity contribution < 1.29 is 14.3 Å². The Morgan fingerprint density at radius 2 is 1.76 bits per heavy atom. The third-order valence-corrected chi connectivity index (χ3v) is 6.05. The summed E-state index contributed by atoms with van der Waals surface area (Å²) in [6, 6.07) is 15.8. The van der Waals surface area contributed by atoms with Gasteiger partial charge in [0.05, 0.1) is 20.3 Å². The summed E-state index contributed by atoms with van der Waals surface area (Å²) in [4.78, 5) is 17.6. The third-order valence-electron chi connectivity index (χ3n) is 6.05. The van der Waals surface area contributed by atoms with Gasteiger partial charge in [-0.05, 0) is 42.5 Å². The first-order valence-corrected chi connectivity index (χ1v) is 10.6. The molecule has 4 rings (SSSR count). The number of hydrogen-bond acceptors (Lipinski definition) is 4. The van der Waals surface area contributed by atoms with Crippen molar-refractivity contribution in [3.8, 4) is 16.9 Å². The predicted octanol–water partition coefficient (Wildman–Crippen LogP) is 3.55. The van der Waals surface area contributed by atoms with Gasteiger partial charge in [0, 0.05) is 43.9 Å². The van der Waals surface area contributed by atoms with Crippen LogP contribution in [0.25, 0.3) is 11.1 Å². The third kappa shape index (κ3) is 4.80. The number of benzene rings is 2. The molecule has 5 nitrogen and oxygen atoms in total. The van der Waals surface area contributed by atoms with Crippen LogP contribution in [0.5, 0.6) is 5.75 Å². The Morgan fingerprint density at radius 3 is 2.45 bits per heavy atom. The van der Waals surface area contributed by atoms with Crippen molar-refractivity contribution in [1.82, 2.24) is 9.80 Å². The van der Waals surface area contributed by atoms with E-state index in [-0.39, 0.29) is 5.91 Å². The van der Waals surface area contributed by atoms with Crippen molar-refractivity contribution in [1.29, 1.82) is 0 Å². The van der Waals surface area contributed by atoms with Crippen molar-refractivity contribution in [2.45, 2.75) is 12.8 Å². The summed E-state index contributed by atoms with van der Waals surface area (Å²) in [6.45, 7) is 6.56. The molecule has 2 aliphatic heterocycles. The van der Waals surface area contributed by atoms with Gasteiger partial charge in [-0.3, -0.25) is 9.69 Å². The fourth-order valence-corrected chi connectivity index (χ4v) is 4.33. The lowest BCUT2D eigenvalue weighted by Gasteiger charge is -2.36. The van der Waals surface area contributed by atoms with Crippen LogP contribution >= 0.6 is 0 Å². The van der Waals surface area contributed by atoms with Crippen LogP contribution in [-0.4, -0.2) is 68.8 Å². The highest BCUT2D eigenvalue weighted by Gasteiger charge is 2.26. The van der Waals surface area contributed by atoms with E-state index in [1.165, 1.54) is 0 Å². The van der Waals surface area contributed by atoms with E-state index in [0.29, 0.717) is 5.92 Å². The standard InChI is InChI=1S/C24H30N2O3/c1-28-23-8-7-21(17-22(23)20-5-3-2-4-6-20)24(27)26-11-9-19(10-12-26)18-25-13-15-29-16-14-25/h2-8,17,19H,9-16,18H2,1H3. The molecule has 29 heavy (non-hydrogen) atoms. The molecule has 2 fully saturated rings. The number of morpholine rings is 1. The first-order valence-electron chi connectivity index (χ1n) is 10.6. The molecular weight excluding hydrogens is 364 g/mol. The van der Waals surface area contributed by atoms with Crippen molar-refractivity contribution in [2.24, 2.45) is 5.92 Å². The molecule has 2 aromatic rings. The molecule has 0 spiro atoms. The number of ether oxygens (including phenoxy) is 2. The van der Waals surface area contributed by atoms with E-state index < -0.39 is 0 Å². The van der Waals surface area contributed by atoms with Crippen LogP contribution in [0.4, 0.5) is 0 Å². The van der Waals surface area contributed by atoms with E-state index in [4.69, 9.17) is 9.47 Å². The molecule has 2 aromatic carbocycles. The Hall–Kier alpha value is -2.37. The number of hydrogen-bond donors (Lipinski definition) is 0. The average molecular weight is 395 g/mol. The van der Waals surface area contributed by atoms with Crippen LogP contribution < -0.4 is 4.74 Å². The maximum absolute atomic E-state index is 13.1. The van der Waals surface area contributed by atoms with E-state index >= 15 is 0 Å². The number of nitrogens with zero attached hydrogens (tertiary/aromatic N) is 2. The maximum Gasteiger partial charge on any atom is 0.253 e. The van der Waals surface area contributed by atoms with Gasteiger partial charge in [0.1, 0.15) is 5.75 Å². The lowest BCUT2D eigenvalue weighted by Crippen LogP contribution is -2.44. The molecule has 0 aromatic heterocycles. The van der Waals surface area contributed by atoms with E-state index in [0.717, 1.165) is 81.2 Å². The van der Waals surface area contributed by atoms with Gasteiger partial charge in [0.25, 0.3) is 5.91 Å². The van der Waals surface area contributed by atoms with Crippen molar-refractivity contribution in [3.05, 3.63) is 54.1 Å². The second kappa shape index (κ2) is 9.42. The number of carbonyl (C=O) groups is 1. The minimum Gasteiger partial charge on any atom is -0.496 e. The number of rotatable bonds is 5. The van der Waals surface area contributed by atoms with Crippen LogP contribution in [0.1, 0.15) is 23.2 Å². The molecule has 2 heterocycles. The summed E-state index contributed by atoms with van der Waals surface area (Å²) in [5.74, 6) is 1.58. The molecule has 1 amide bonds. The summed E-state index contributed by atoms with van der Waals surface area (Å²) < 4.78 is 11.0. The Balaban J connectivity index is 1.41. The smallest absolute Gasteiger partial charge is 0.253 e. The van der Waals surface area contributed by atoms with Gasteiger partial charge in [0.15, 0.2) is 0 Å². The van der Waals surface area contributed by atoms with E-state index in [2.05, 4.69) is 4.90 Å². The maximum atomic E-state index is 13.1. The highest BCUT2D eigenvalue weighted by atomic mass is 16.5. The summed E-state index contributed by atoms with van der Waals surface area (Å²) in [5.41, 5.74) is 2.75. The second-order valence-electron chi connectivity index (χ2n) is 7.93. The molecule has 2 aliphatic rings. The first kappa shape index (κ1) is 19.9. The minimum atomic E-state index is 0.120. The molecule has 0 unspecified atom stereocenters. The molecule has 0 atom stereocenters. The Bertz CT molecular complexity index is 810. The number of piperidine rings is 1. The van der Waals surface area contributed by atoms with Crippen LogP contribution in [-0.2, 0) is 4.74 Å². The Morgan fingerprint density at radius 1 is 1.03 bits per heavy atom. The molecular formula is C24H30N2O3. The fourth-order valence-electron chi connectivity index (χ4n) is 4.33. The lowest BCUT2D eigenvalue weighted by molar-refractivity contribution is 0.0243. The lowest BCUT2D eigenvalue weighted by atomic mass is 9.95. The minimum absolute atomic E-state index is 0.120. The zero-order chi connectivity index (χ0) is 20.1. The Kier molecular flexibility index (Phi) is 6.47. The van der Waals surface area contributed by atoms with Crippen LogP contribution in [0.2, 0.25) is 0 Å². The summed E-state index contributed by atoms with van der Waals surface area (Å²) in [7, 11) is 1.67. The van der Waals surface area contributed by atoms with Gasteiger partial charge >= 0.3 is 0 Å². The predicted molar refractivity (Wildman–Crippen MR) is 114 cm³/mol. The highest BCUT2D eigenvalue weighted by molar-refractivity contribution is 5.96. The van der Waals surface area contributed by atoms with Gasteiger partial charge < -0.3 is 14.4 Å². The highest BCUT2D eigenvalue weighted by Crippen LogP contribution is 2.31. The SMILES string of the molecule is COc1ccc(C(=O)N2CCC(CN3CCOCC3)CC2)cc1-c1ccccc1. The molecule has 0 radical (unpaired) electrons. The van der Waals surface area contributed by atoms with E-state index in [9.17, 15) is 4.79 Å². The van der Waals surface area contributed by atoms with Gasteiger partial charge in [-0.15, -0.1) is 0 Å². The van der Waals surface area contributed by atoms with Crippen molar-refractivity contribution in [2.75, 3.05) is 53.0 Å². The topological polar surface area (TPSA) is 42.0 Å². The quantitative estimate of drug-likeness (QED) is 0.778. The van der Waals surface area contributed by atoms with Crippen molar-refractivity contribution in [3.63, 3.8) is 0 Å². The van der Waals surface area contributed by atoms with Crippen LogP contribution in [0.3, 0.4) is 0 Å². The van der Waals surface area contributed by atoms with Crippen LogP contribution in [0, 0.1) is 5.92 Å².